The number of carbonyl (C=O) groups excluding carboxylic acids is 1. The zero-order valence-electron chi connectivity index (χ0n) is 18.9. The summed E-state index contributed by atoms with van der Waals surface area (Å²) in [6, 6.07) is 5.72. The number of nitrogens with one attached hydrogen (secondary N) is 1. The van der Waals surface area contributed by atoms with Crippen LogP contribution in [-0.2, 0) is 4.79 Å². The van der Waals surface area contributed by atoms with Crippen molar-refractivity contribution in [2.45, 2.75) is 79.5 Å². The Labute approximate surface area is 179 Å². The highest BCUT2D eigenvalue weighted by Crippen LogP contribution is 2.39. The standard InChI is InChI=1S/C24H36F3NO2/c1-7-14-23(16-17(3)4,15-13-18(5)8-2)22(29)28-19(6)20-11-9-10-12-21(20)30-24(25,26)27/h9-12,17-18H,6-8,13-16H2,1-5H3,(H,28,29). The van der Waals surface area contributed by atoms with Crippen LogP contribution in [0.25, 0.3) is 5.70 Å². The van der Waals surface area contributed by atoms with Gasteiger partial charge < -0.3 is 10.1 Å². The van der Waals surface area contributed by atoms with E-state index in [2.05, 4.69) is 44.3 Å². The second kappa shape index (κ2) is 11.4. The van der Waals surface area contributed by atoms with Crippen LogP contribution in [0.2, 0.25) is 0 Å². The third-order valence-electron chi connectivity index (χ3n) is 5.52. The first-order valence-electron chi connectivity index (χ1n) is 10.8. The normalized spacial score (nSPS) is 14.8. The molecule has 0 heterocycles. The van der Waals surface area contributed by atoms with Gasteiger partial charge in [-0.1, -0.05) is 66.2 Å². The summed E-state index contributed by atoms with van der Waals surface area (Å²) in [4.78, 5) is 13.4. The lowest BCUT2D eigenvalue weighted by atomic mass is 9.71. The third kappa shape index (κ3) is 8.04. The first kappa shape index (κ1) is 26.1. The van der Waals surface area contributed by atoms with Crippen molar-refractivity contribution in [2.24, 2.45) is 17.3 Å². The lowest BCUT2D eigenvalue weighted by molar-refractivity contribution is -0.274. The summed E-state index contributed by atoms with van der Waals surface area (Å²) in [5.74, 6) is 0.270. The summed E-state index contributed by atoms with van der Waals surface area (Å²) in [5.41, 5.74) is -0.331. The minimum atomic E-state index is -4.82. The van der Waals surface area contributed by atoms with Crippen molar-refractivity contribution in [1.29, 1.82) is 0 Å². The maximum atomic E-state index is 13.4. The molecule has 1 N–H and O–H groups in total. The number of para-hydroxylation sites is 1. The smallest absolute Gasteiger partial charge is 0.405 e. The van der Waals surface area contributed by atoms with Gasteiger partial charge >= 0.3 is 6.36 Å². The van der Waals surface area contributed by atoms with E-state index in [9.17, 15) is 18.0 Å². The number of alkyl halides is 3. The number of rotatable bonds is 12. The number of amides is 1. The predicted molar refractivity (Wildman–Crippen MR) is 116 cm³/mol. The fourth-order valence-electron chi connectivity index (χ4n) is 3.90. The summed E-state index contributed by atoms with van der Waals surface area (Å²) < 4.78 is 42.4. The van der Waals surface area contributed by atoms with Crippen LogP contribution >= 0.6 is 0 Å². The van der Waals surface area contributed by atoms with Crippen molar-refractivity contribution in [2.75, 3.05) is 0 Å². The molecule has 1 amide bonds. The highest BCUT2D eigenvalue weighted by atomic mass is 19.4. The molecule has 30 heavy (non-hydrogen) atoms. The summed E-state index contributed by atoms with van der Waals surface area (Å²) in [7, 11) is 0. The van der Waals surface area contributed by atoms with Crippen molar-refractivity contribution in [1.82, 2.24) is 5.32 Å². The van der Waals surface area contributed by atoms with Crippen LogP contribution in [0, 0.1) is 17.3 Å². The third-order valence-corrected chi connectivity index (χ3v) is 5.52. The van der Waals surface area contributed by atoms with E-state index in [1.54, 1.807) is 6.07 Å². The molecule has 0 aliphatic carbocycles. The number of benzene rings is 1. The molecule has 0 fully saturated rings. The molecular weight excluding hydrogens is 391 g/mol. The van der Waals surface area contributed by atoms with Gasteiger partial charge in [-0.15, -0.1) is 13.2 Å². The van der Waals surface area contributed by atoms with Crippen LogP contribution in [-0.4, -0.2) is 12.3 Å². The Morgan fingerprint density at radius 1 is 1.13 bits per heavy atom. The zero-order valence-corrected chi connectivity index (χ0v) is 18.9. The molecule has 1 aromatic rings. The molecule has 2 unspecified atom stereocenters. The Morgan fingerprint density at radius 3 is 2.30 bits per heavy atom. The van der Waals surface area contributed by atoms with E-state index in [1.165, 1.54) is 18.2 Å². The largest absolute Gasteiger partial charge is 0.573 e. The van der Waals surface area contributed by atoms with Gasteiger partial charge in [-0.2, -0.15) is 0 Å². The van der Waals surface area contributed by atoms with E-state index in [1.807, 2.05) is 6.92 Å². The van der Waals surface area contributed by atoms with Crippen molar-refractivity contribution in [3.05, 3.63) is 36.4 Å². The van der Waals surface area contributed by atoms with E-state index in [0.29, 0.717) is 11.8 Å². The molecular formula is C24H36F3NO2. The highest BCUT2D eigenvalue weighted by molar-refractivity contribution is 5.91. The molecule has 0 spiro atoms. The lowest BCUT2D eigenvalue weighted by Crippen LogP contribution is -2.41. The molecule has 1 aromatic carbocycles. The monoisotopic (exact) mass is 427 g/mol. The average molecular weight is 428 g/mol. The number of carbonyl (C=O) groups is 1. The van der Waals surface area contributed by atoms with Crippen LogP contribution in [0.1, 0.15) is 78.7 Å². The molecule has 0 aliphatic heterocycles. The Balaban J connectivity index is 3.14. The molecule has 0 radical (unpaired) electrons. The maximum absolute atomic E-state index is 13.4. The summed E-state index contributed by atoms with van der Waals surface area (Å²) in [6.45, 7) is 14.4. The fraction of sp³-hybridized carbons (Fsp3) is 0.625. The first-order chi connectivity index (χ1) is 13.9. The van der Waals surface area contributed by atoms with Crippen molar-refractivity contribution in [3.8, 4) is 5.75 Å². The van der Waals surface area contributed by atoms with Gasteiger partial charge in [-0.25, -0.2) is 0 Å². The molecule has 0 saturated heterocycles. The van der Waals surface area contributed by atoms with Gasteiger partial charge in [0, 0.05) is 16.7 Å². The number of hydrogen-bond donors (Lipinski definition) is 1. The van der Waals surface area contributed by atoms with Gasteiger partial charge in [0.25, 0.3) is 0 Å². The number of halogens is 3. The second-order valence-electron chi connectivity index (χ2n) is 8.66. The average Bonchev–Trinajstić information content (AvgIpc) is 2.64. The Kier molecular flexibility index (Phi) is 9.92. The topological polar surface area (TPSA) is 38.3 Å². The first-order valence-corrected chi connectivity index (χ1v) is 10.8. The minimum absolute atomic E-state index is 0.118. The molecule has 0 bridgehead atoms. The highest BCUT2D eigenvalue weighted by Gasteiger charge is 2.38. The molecule has 1 rings (SSSR count). The quantitative estimate of drug-likeness (QED) is 0.379. The van der Waals surface area contributed by atoms with Gasteiger partial charge in [-0.05, 0) is 49.7 Å². The van der Waals surface area contributed by atoms with Crippen LogP contribution in [0.3, 0.4) is 0 Å². The molecule has 2 atom stereocenters. The van der Waals surface area contributed by atoms with Gasteiger partial charge in [0.1, 0.15) is 5.75 Å². The van der Waals surface area contributed by atoms with Gasteiger partial charge in [0.05, 0.1) is 0 Å². The lowest BCUT2D eigenvalue weighted by Gasteiger charge is -2.35. The fourth-order valence-corrected chi connectivity index (χ4v) is 3.90. The molecule has 3 nitrogen and oxygen atoms in total. The van der Waals surface area contributed by atoms with Crippen molar-refractivity contribution in [3.63, 3.8) is 0 Å². The van der Waals surface area contributed by atoms with Crippen LogP contribution in [0.4, 0.5) is 13.2 Å². The summed E-state index contributed by atoms with van der Waals surface area (Å²) in [6.07, 6.45) is 0.185. The molecule has 6 heteroatoms. The maximum Gasteiger partial charge on any atom is 0.573 e. The Hall–Kier alpha value is -1.98. The van der Waals surface area contributed by atoms with Crippen molar-refractivity contribution < 1.29 is 22.7 Å². The Morgan fingerprint density at radius 2 is 1.77 bits per heavy atom. The second-order valence-corrected chi connectivity index (χ2v) is 8.66. The van der Waals surface area contributed by atoms with E-state index in [4.69, 9.17) is 0 Å². The number of hydrogen-bond acceptors (Lipinski definition) is 2. The van der Waals surface area contributed by atoms with Gasteiger partial charge in [0.15, 0.2) is 0 Å². The molecule has 0 saturated carbocycles. The van der Waals surface area contributed by atoms with E-state index < -0.39 is 11.8 Å². The molecule has 170 valence electrons. The molecule has 0 aromatic heterocycles. The van der Waals surface area contributed by atoms with E-state index >= 15 is 0 Å². The van der Waals surface area contributed by atoms with Crippen LogP contribution < -0.4 is 10.1 Å². The SMILES string of the molecule is C=C(NC(=O)C(CCC)(CCC(C)CC)CC(C)C)c1ccccc1OC(F)(F)F. The summed E-state index contributed by atoms with van der Waals surface area (Å²) in [5, 5.41) is 2.81. The van der Waals surface area contributed by atoms with E-state index in [-0.39, 0.29) is 22.9 Å². The molecule has 0 aliphatic rings. The van der Waals surface area contributed by atoms with Crippen molar-refractivity contribution >= 4 is 11.6 Å². The zero-order chi connectivity index (χ0) is 22.9. The van der Waals surface area contributed by atoms with Gasteiger partial charge in [0.2, 0.25) is 5.91 Å². The Bertz CT molecular complexity index is 700. The minimum Gasteiger partial charge on any atom is -0.405 e. The van der Waals surface area contributed by atoms with Gasteiger partial charge in [-0.3, -0.25) is 4.79 Å². The van der Waals surface area contributed by atoms with Crippen LogP contribution in [0.5, 0.6) is 5.75 Å². The van der Waals surface area contributed by atoms with E-state index in [0.717, 1.165) is 38.5 Å². The number of ether oxygens (including phenoxy) is 1. The van der Waals surface area contributed by atoms with Crippen LogP contribution in [0.15, 0.2) is 30.8 Å². The summed E-state index contributed by atoms with van der Waals surface area (Å²) >= 11 is 0. The predicted octanol–water partition coefficient (Wildman–Crippen LogP) is 7.33.